The summed E-state index contributed by atoms with van der Waals surface area (Å²) in [6.07, 6.45) is 3.13. The molecule has 1 heterocycles. The van der Waals surface area contributed by atoms with Crippen LogP contribution in [0, 0.1) is 0 Å². The molecule has 2 rings (SSSR count). The van der Waals surface area contributed by atoms with Crippen molar-refractivity contribution in [2.24, 2.45) is 0 Å². The number of halogens is 1. The number of carbonyl (C=O) groups excluding carboxylic acids is 1. The van der Waals surface area contributed by atoms with Gasteiger partial charge in [0, 0.05) is 30.2 Å². The molecule has 1 unspecified atom stereocenters. The van der Waals surface area contributed by atoms with Crippen molar-refractivity contribution in [2.75, 3.05) is 29.2 Å². The van der Waals surface area contributed by atoms with Crippen LogP contribution in [0.2, 0.25) is 5.02 Å². The van der Waals surface area contributed by atoms with Crippen LogP contribution in [0.3, 0.4) is 0 Å². The maximum absolute atomic E-state index is 11.8. The molecular weight excluding hydrogens is 296 g/mol. The van der Waals surface area contributed by atoms with Gasteiger partial charge in [0.2, 0.25) is 5.91 Å². The third-order valence-electron chi connectivity index (χ3n) is 3.07. The monoisotopic (exact) mass is 314 g/mol. The van der Waals surface area contributed by atoms with E-state index in [1.165, 1.54) is 0 Å². The Morgan fingerprint density at radius 3 is 3.10 bits per heavy atom. The molecule has 0 bridgehead atoms. The first-order chi connectivity index (χ1) is 9.65. The number of benzene rings is 1. The third-order valence-corrected chi connectivity index (χ3v) is 4.48. The van der Waals surface area contributed by atoms with Gasteiger partial charge in [0.15, 0.2) is 0 Å². The standard InChI is InChI=1S/C14H19ClN2O2S/c15-12-8-10(16)3-4-13(12)17-14(18)5-7-20-9-11-2-1-6-19-11/h3-4,8,11H,1-2,5-7,9,16H2,(H,17,18). The summed E-state index contributed by atoms with van der Waals surface area (Å²) in [5.74, 6) is 1.73. The van der Waals surface area contributed by atoms with Gasteiger partial charge in [-0.15, -0.1) is 0 Å². The number of ether oxygens (including phenoxy) is 1. The Bertz CT molecular complexity index is 464. The van der Waals surface area contributed by atoms with Gasteiger partial charge in [0.25, 0.3) is 0 Å². The molecule has 20 heavy (non-hydrogen) atoms. The Kier molecular flexibility index (Phi) is 6.01. The summed E-state index contributed by atoms with van der Waals surface area (Å²) in [5, 5.41) is 3.26. The Morgan fingerprint density at radius 1 is 1.55 bits per heavy atom. The molecule has 1 aliphatic heterocycles. The highest BCUT2D eigenvalue weighted by Gasteiger charge is 2.15. The summed E-state index contributed by atoms with van der Waals surface area (Å²) in [4.78, 5) is 11.8. The molecule has 1 saturated heterocycles. The second-order valence-electron chi connectivity index (χ2n) is 4.75. The van der Waals surface area contributed by atoms with E-state index >= 15 is 0 Å². The van der Waals surface area contributed by atoms with Crippen LogP contribution in [0.25, 0.3) is 0 Å². The first-order valence-corrected chi connectivity index (χ1v) is 8.22. The average Bonchev–Trinajstić information content (AvgIpc) is 2.91. The van der Waals surface area contributed by atoms with E-state index in [0.29, 0.717) is 28.9 Å². The van der Waals surface area contributed by atoms with Crippen LogP contribution in [0.1, 0.15) is 19.3 Å². The second kappa shape index (κ2) is 7.76. The molecule has 110 valence electrons. The summed E-state index contributed by atoms with van der Waals surface area (Å²) in [5.41, 5.74) is 6.79. The highest BCUT2D eigenvalue weighted by atomic mass is 35.5. The van der Waals surface area contributed by atoms with Crippen LogP contribution >= 0.6 is 23.4 Å². The van der Waals surface area contributed by atoms with Gasteiger partial charge in [-0.1, -0.05) is 11.6 Å². The fraction of sp³-hybridized carbons (Fsp3) is 0.500. The zero-order valence-corrected chi connectivity index (χ0v) is 12.8. The molecular formula is C14H19ClN2O2S. The van der Waals surface area contributed by atoms with E-state index in [4.69, 9.17) is 22.1 Å². The summed E-state index contributed by atoms with van der Waals surface area (Å²) in [7, 11) is 0. The van der Waals surface area contributed by atoms with E-state index in [1.54, 1.807) is 30.0 Å². The lowest BCUT2D eigenvalue weighted by atomic mass is 10.3. The molecule has 1 aromatic carbocycles. The van der Waals surface area contributed by atoms with Crippen molar-refractivity contribution in [3.8, 4) is 0 Å². The van der Waals surface area contributed by atoms with E-state index in [0.717, 1.165) is 31.0 Å². The summed E-state index contributed by atoms with van der Waals surface area (Å²) in [6, 6.07) is 5.06. The number of hydrogen-bond acceptors (Lipinski definition) is 4. The first-order valence-electron chi connectivity index (χ1n) is 6.69. The molecule has 0 aromatic heterocycles. The average molecular weight is 315 g/mol. The van der Waals surface area contributed by atoms with Crippen LogP contribution in [0.15, 0.2) is 18.2 Å². The van der Waals surface area contributed by atoms with Crippen LogP contribution in [-0.2, 0) is 9.53 Å². The van der Waals surface area contributed by atoms with Crippen molar-refractivity contribution >= 4 is 40.6 Å². The van der Waals surface area contributed by atoms with Crippen molar-refractivity contribution in [3.63, 3.8) is 0 Å². The topological polar surface area (TPSA) is 64.3 Å². The van der Waals surface area contributed by atoms with E-state index in [2.05, 4.69) is 5.32 Å². The highest BCUT2D eigenvalue weighted by molar-refractivity contribution is 7.99. The van der Waals surface area contributed by atoms with Gasteiger partial charge in [-0.2, -0.15) is 11.8 Å². The molecule has 1 aliphatic rings. The lowest BCUT2D eigenvalue weighted by Crippen LogP contribution is -2.14. The molecule has 1 fully saturated rings. The molecule has 1 atom stereocenters. The maximum atomic E-state index is 11.8. The lowest BCUT2D eigenvalue weighted by Gasteiger charge is -2.09. The molecule has 0 spiro atoms. The summed E-state index contributed by atoms with van der Waals surface area (Å²) >= 11 is 7.76. The van der Waals surface area contributed by atoms with Gasteiger partial charge in [0.05, 0.1) is 16.8 Å². The van der Waals surface area contributed by atoms with Gasteiger partial charge in [0.1, 0.15) is 0 Å². The summed E-state index contributed by atoms with van der Waals surface area (Å²) < 4.78 is 5.53. The minimum absolute atomic E-state index is 0.0310. The van der Waals surface area contributed by atoms with E-state index in [-0.39, 0.29) is 5.91 Å². The molecule has 6 heteroatoms. The third kappa shape index (κ3) is 4.89. The predicted molar refractivity (Wildman–Crippen MR) is 85.4 cm³/mol. The number of nitrogens with one attached hydrogen (secondary N) is 1. The SMILES string of the molecule is Nc1ccc(NC(=O)CCSCC2CCCO2)c(Cl)c1. The van der Waals surface area contributed by atoms with Gasteiger partial charge >= 0.3 is 0 Å². The number of nitrogen functional groups attached to an aromatic ring is 1. The van der Waals surface area contributed by atoms with Crippen LogP contribution in [0.4, 0.5) is 11.4 Å². The fourth-order valence-electron chi connectivity index (χ4n) is 2.00. The molecule has 1 amide bonds. The number of nitrogens with two attached hydrogens (primary N) is 1. The van der Waals surface area contributed by atoms with Crippen molar-refractivity contribution in [1.29, 1.82) is 0 Å². The van der Waals surface area contributed by atoms with Crippen LogP contribution in [0.5, 0.6) is 0 Å². The molecule has 4 nitrogen and oxygen atoms in total. The molecule has 0 radical (unpaired) electrons. The van der Waals surface area contributed by atoms with E-state index in [9.17, 15) is 4.79 Å². The smallest absolute Gasteiger partial charge is 0.225 e. The number of thioether (sulfide) groups is 1. The first kappa shape index (κ1) is 15.5. The largest absolute Gasteiger partial charge is 0.399 e. The maximum Gasteiger partial charge on any atom is 0.225 e. The minimum atomic E-state index is -0.0310. The minimum Gasteiger partial charge on any atom is -0.399 e. The second-order valence-corrected chi connectivity index (χ2v) is 6.30. The van der Waals surface area contributed by atoms with Gasteiger partial charge in [-0.05, 0) is 31.0 Å². The number of rotatable bonds is 6. The normalized spacial score (nSPS) is 18.1. The Labute approximate surface area is 128 Å². The van der Waals surface area contributed by atoms with Crippen molar-refractivity contribution < 1.29 is 9.53 Å². The molecule has 0 saturated carbocycles. The number of amides is 1. The Morgan fingerprint density at radius 2 is 2.40 bits per heavy atom. The molecule has 1 aromatic rings. The fourth-order valence-corrected chi connectivity index (χ4v) is 3.26. The lowest BCUT2D eigenvalue weighted by molar-refractivity contribution is -0.115. The molecule has 3 N–H and O–H groups in total. The van der Waals surface area contributed by atoms with Gasteiger partial charge in [-0.25, -0.2) is 0 Å². The molecule has 0 aliphatic carbocycles. The number of anilines is 2. The van der Waals surface area contributed by atoms with Crippen LogP contribution in [-0.4, -0.2) is 30.1 Å². The van der Waals surface area contributed by atoms with Crippen molar-refractivity contribution in [2.45, 2.75) is 25.4 Å². The van der Waals surface area contributed by atoms with E-state index in [1.807, 2.05) is 0 Å². The van der Waals surface area contributed by atoms with Crippen molar-refractivity contribution in [1.82, 2.24) is 0 Å². The van der Waals surface area contributed by atoms with Gasteiger partial charge in [-0.3, -0.25) is 4.79 Å². The van der Waals surface area contributed by atoms with Gasteiger partial charge < -0.3 is 15.8 Å². The zero-order valence-electron chi connectivity index (χ0n) is 11.2. The predicted octanol–water partition coefficient (Wildman–Crippen LogP) is 3.16. The zero-order chi connectivity index (χ0) is 14.4. The number of hydrogen-bond donors (Lipinski definition) is 2. The number of carbonyl (C=O) groups is 1. The van der Waals surface area contributed by atoms with Crippen LogP contribution < -0.4 is 11.1 Å². The quantitative estimate of drug-likeness (QED) is 0.625. The summed E-state index contributed by atoms with van der Waals surface area (Å²) in [6.45, 7) is 0.876. The Balaban J connectivity index is 1.67. The Hall–Kier alpha value is -0.910. The highest BCUT2D eigenvalue weighted by Crippen LogP contribution is 2.24. The van der Waals surface area contributed by atoms with E-state index < -0.39 is 0 Å². The van der Waals surface area contributed by atoms with Crippen molar-refractivity contribution in [3.05, 3.63) is 23.2 Å².